The summed E-state index contributed by atoms with van der Waals surface area (Å²) in [4.78, 5) is 71.1. The average Bonchev–Trinajstić information content (AvgIpc) is 1.64. The van der Waals surface area contributed by atoms with Crippen molar-refractivity contribution < 1.29 is 44.3 Å². The lowest BCUT2D eigenvalue weighted by Crippen LogP contribution is -2.49. The molecule has 16 rings (SSSR count). The van der Waals surface area contributed by atoms with E-state index in [0.29, 0.717) is 77.4 Å². The van der Waals surface area contributed by atoms with E-state index < -0.39 is 11.2 Å². The Bertz CT molecular complexity index is 4740. The summed E-state index contributed by atoms with van der Waals surface area (Å²) in [5.74, 6) is 0.434. The maximum atomic E-state index is 11.6. The number of Topliss-reactive ketones (excluding diaryl/α,β-unsaturated/α-hetero) is 1. The molecule has 9 N–H and O–H groups in total. The highest BCUT2D eigenvalue weighted by Gasteiger charge is 2.47. The molecule has 2 amide bonds. The van der Waals surface area contributed by atoms with Gasteiger partial charge < -0.3 is 85.5 Å². The molecule has 7 aromatic carbocycles. The summed E-state index contributed by atoms with van der Waals surface area (Å²) in [5.41, 5.74) is 15.3. The van der Waals surface area contributed by atoms with Crippen LogP contribution in [0.25, 0.3) is 29.1 Å². The summed E-state index contributed by atoms with van der Waals surface area (Å²) in [6.45, 7) is 57.5. The number of amides is 2. The van der Waals surface area contributed by atoms with Crippen LogP contribution in [0.4, 0.5) is 77.8 Å². The van der Waals surface area contributed by atoms with Crippen molar-refractivity contribution in [3.63, 3.8) is 0 Å². The fraction of sp³-hybridized carbons (Fsp3) is 0.447. The third-order valence-electron chi connectivity index (χ3n) is 23.5. The molecule has 0 radical (unpaired) electrons. The summed E-state index contributed by atoms with van der Waals surface area (Å²) in [6.07, 6.45) is 11.7. The fourth-order valence-electron chi connectivity index (χ4n) is 15.7. The van der Waals surface area contributed by atoms with Gasteiger partial charge in [-0.25, -0.2) is 38.7 Å². The number of amidine groups is 1. The van der Waals surface area contributed by atoms with Crippen molar-refractivity contribution in [2.45, 2.75) is 138 Å². The van der Waals surface area contributed by atoms with Crippen LogP contribution in [-0.2, 0) is 14.3 Å². The number of carbonyl (C=O) groups excluding carboxylic acids is 3. The minimum absolute atomic E-state index is 0.0266. The van der Waals surface area contributed by atoms with Crippen molar-refractivity contribution in [1.82, 2.24) is 20.4 Å². The van der Waals surface area contributed by atoms with Crippen LogP contribution < -0.4 is 45.8 Å². The van der Waals surface area contributed by atoms with Gasteiger partial charge >= 0.3 is 12.2 Å². The molecule has 9 saturated heterocycles. The molecule has 9 heterocycles. The SMILES string of the molecule is CN1CC2(CCN(c3ccc(C(=N)N)cc3)CC2)OC1=O.OC1CCNCC1.[C-]#[N+]c1ccc(Cl)cc1.[C-]#[N+]c1ccc(N2CCC(=O)CC2)cc1.[C-]#[N+]c1ccc(N2CCC(O)(CC)CC2)cc1.[C-]#[N+]c1ccc(N2CCC(O)(CNC)CC2)cc1.[C-]#[N+]c1ccc(N2CCC(O)CC2)cc1.[C-]#[N+]c1ccc(N2CCC3(CC2)CN(C)C(=O)O3)cc1. The summed E-state index contributed by atoms with van der Waals surface area (Å²) < 4.78 is 11.1. The third kappa shape index (κ3) is 28.3. The summed E-state index contributed by atoms with van der Waals surface area (Å²) in [7, 11) is 5.43. The Morgan fingerprint density at radius 3 is 0.975 bits per heavy atom. The van der Waals surface area contributed by atoms with Crippen LogP contribution in [0.5, 0.6) is 0 Å². The molecule has 0 unspecified atom stereocenters. The van der Waals surface area contributed by atoms with Gasteiger partial charge in [-0.2, -0.15) is 0 Å². The summed E-state index contributed by atoms with van der Waals surface area (Å²) >= 11 is 5.57. The quantitative estimate of drug-likeness (QED) is 0.0359. The molecule has 28 heteroatoms. The second kappa shape index (κ2) is 46.1. The van der Waals surface area contributed by atoms with Gasteiger partial charge in [-0.05, 0) is 163 Å². The van der Waals surface area contributed by atoms with Crippen LogP contribution in [0.1, 0.15) is 109 Å². The Kier molecular flexibility index (Phi) is 35.5. The number of nitrogens with two attached hydrogens (primary N) is 1. The Morgan fingerprint density at radius 2 is 0.713 bits per heavy atom. The van der Waals surface area contributed by atoms with E-state index in [1.807, 2.05) is 160 Å². The standard InChI is InChI=1S/C15H20N4O2.C15H17N3O2.C14H19N3O.C14H18N2O.C12H14N2O.C12H12N2O.C7H4ClN.C5H11NO/c1-18-10-15(21-14(18)20)6-8-19(9-7-15)12-4-2-11(3-5-12)13(16)17;1-16-12-3-5-13(6-4-12)18-9-7-15(8-10-18)11-17(2)14(19)20-15;1-15-11-14(18)7-9-17(10-8-14)13-5-3-12(16-2)4-6-13;1-3-14(17)8-10-16(11-9-14)13-6-4-12(15-2)5-7-13;2*1-13-10-2-4-11(5-3-10)14-8-6-12(15)7-9-14;1-9-7-4-2-6(8)3-5-7;7-5-1-3-6-4-2-5/h2-5H,6-10H2,1H3,(H3,16,17);3-6H,7-11H2,2H3;3-6,15,18H,7-11H2,1H3;4-7,17H,3,8-11H2,1H3;2-5,12,15H,6-9H2;2-5H,6-9H2;2-5H;5-7H,1-4H2. The number of likely N-dealkylation sites (N-methyl/N-ethyl adjacent to an activating group) is 3. The van der Waals surface area contributed by atoms with Crippen molar-refractivity contribution in [3.8, 4) is 0 Å². The molecule has 9 aliphatic heterocycles. The fourth-order valence-corrected chi connectivity index (χ4v) is 15.8. The molecule has 7 aromatic rings. The Balaban J connectivity index is 0.000000161. The van der Waals surface area contributed by atoms with E-state index in [1.165, 1.54) is 0 Å². The van der Waals surface area contributed by atoms with Crippen molar-refractivity contribution in [3.05, 3.63) is 249 Å². The highest BCUT2D eigenvalue weighted by Crippen LogP contribution is 2.38. The lowest BCUT2D eigenvalue weighted by Gasteiger charge is -2.39. The molecule has 0 aromatic heterocycles. The topological polar surface area (TPSA) is 277 Å². The molecule has 0 bridgehead atoms. The first-order valence-corrected chi connectivity index (χ1v) is 42.1. The minimum Gasteiger partial charge on any atom is -0.441 e. The van der Waals surface area contributed by atoms with Crippen LogP contribution in [0, 0.1) is 44.8 Å². The number of ketones is 1. The lowest BCUT2D eigenvalue weighted by molar-refractivity contribution is -0.119. The molecular weight excluding hydrogens is 1560 g/mol. The van der Waals surface area contributed by atoms with E-state index in [0.717, 1.165) is 215 Å². The van der Waals surface area contributed by atoms with Crippen LogP contribution in [0.15, 0.2) is 170 Å². The number of piperidine rings is 7. The number of hydrogen-bond donors (Lipinski definition) is 8. The van der Waals surface area contributed by atoms with Crippen LogP contribution in [0.2, 0.25) is 5.02 Å². The second-order valence-corrected chi connectivity index (χ2v) is 32.4. The predicted molar refractivity (Wildman–Crippen MR) is 484 cm³/mol. The molecule has 0 saturated carbocycles. The van der Waals surface area contributed by atoms with E-state index >= 15 is 0 Å². The smallest absolute Gasteiger partial charge is 0.410 e. The lowest BCUT2D eigenvalue weighted by atomic mass is 9.89. The first-order valence-electron chi connectivity index (χ1n) is 41.8. The van der Waals surface area contributed by atoms with Crippen molar-refractivity contribution >= 4 is 104 Å². The predicted octanol–water partition coefficient (Wildman–Crippen LogP) is 16.0. The molecule has 27 nitrogen and oxygen atoms in total. The van der Waals surface area contributed by atoms with Gasteiger partial charge in [0, 0.05) is 182 Å². The number of aliphatic hydroxyl groups excluding tert-OH is 2. The number of nitrogens with zero attached hydrogens (tertiary/aromatic N) is 14. The Morgan fingerprint density at radius 1 is 0.443 bits per heavy atom. The molecule has 0 atom stereocenters. The zero-order valence-electron chi connectivity index (χ0n) is 70.5. The Labute approximate surface area is 724 Å². The van der Waals surface area contributed by atoms with Gasteiger partial charge in [-0.1, -0.05) is 103 Å². The number of benzene rings is 7. The van der Waals surface area contributed by atoms with E-state index in [9.17, 15) is 29.7 Å². The maximum absolute atomic E-state index is 11.6. The molecule has 2 spiro atoms. The van der Waals surface area contributed by atoms with Gasteiger partial charge in [-0.3, -0.25) is 10.2 Å². The van der Waals surface area contributed by atoms with Gasteiger partial charge in [0.05, 0.1) is 75.9 Å². The normalized spacial score (nSPS) is 18.5. The molecule has 122 heavy (non-hydrogen) atoms. The molecule has 0 aliphatic carbocycles. The molecule has 642 valence electrons. The first kappa shape index (κ1) is 93.9. The largest absolute Gasteiger partial charge is 0.441 e. The van der Waals surface area contributed by atoms with Gasteiger partial charge in [0.2, 0.25) is 0 Å². The zero-order valence-corrected chi connectivity index (χ0v) is 71.3. The maximum Gasteiger partial charge on any atom is 0.410 e. The van der Waals surface area contributed by atoms with E-state index in [-0.39, 0.29) is 41.4 Å². The Hall–Kier alpha value is -12.0. The highest BCUT2D eigenvalue weighted by atomic mass is 35.5. The van der Waals surface area contributed by atoms with Crippen molar-refractivity contribution in [1.29, 1.82) is 5.41 Å². The number of hydrogen-bond acceptors (Lipinski definition) is 18. The van der Waals surface area contributed by atoms with Gasteiger partial charge in [0.1, 0.15) is 22.8 Å². The number of aliphatic hydroxyl groups is 4. The minimum atomic E-state index is -0.568. The second-order valence-electron chi connectivity index (χ2n) is 32.0. The number of anilines is 6. The number of nitrogens with one attached hydrogen (secondary N) is 3. The summed E-state index contributed by atoms with van der Waals surface area (Å²) in [5, 5.41) is 53.0. The van der Waals surface area contributed by atoms with Crippen molar-refractivity contribution in [2.75, 3.05) is 162 Å². The van der Waals surface area contributed by atoms with E-state index in [4.69, 9.17) is 76.8 Å². The number of nitrogen functional groups attached to an aromatic ring is 1. The average molecular weight is 1680 g/mol. The number of halogens is 1. The van der Waals surface area contributed by atoms with Crippen LogP contribution >= 0.6 is 11.6 Å². The van der Waals surface area contributed by atoms with Gasteiger partial charge in [0.25, 0.3) is 0 Å². The van der Waals surface area contributed by atoms with Crippen LogP contribution in [-0.4, -0.2) is 221 Å². The number of carbonyl (C=O) groups is 3. The first-order chi connectivity index (χ1) is 58.7. The van der Waals surface area contributed by atoms with E-state index in [1.54, 1.807) is 48.2 Å². The molecule has 9 fully saturated rings. The van der Waals surface area contributed by atoms with Gasteiger partial charge in [0.15, 0.2) is 34.1 Å². The van der Waals surface area contributed by atoms with Crippen LogP contribution in [0.3, 0.4) is 0 Å². The molecule has 9 aliphatic rings. The number of ether oxygens (including phenoxy) is 2. The monoisotopic (exact) mass is 1670 g/mol. The summed E-state index contributed by atoms with van der Waals surface area (Å²) in [6, 6.07) is 52.6. The molecular formula is C94H115ClN18O9. The van der Waals surface area contributed by atoms with E-state index in [2.05, 4.69) is 69.1 Å². The highest BCUT2D eigenvalue weighted by molar-refractivity contribution is 6.30. The third-order valence-corrected chi connectivity index (χ3v) is 23.7. The van der Waals surface area contributed by atoms with Gasteiger partial charge in [-0.15, -0.1) is 0 Å². The number of rotatable bonds is 10. The van der Waals surface area contributed by atoms with Crippen molar-refractivity contribution in [2.24, 2.45) is 5.73 Å². The zero-order chi connectivity index (χ0) is 87.7.